The van der Waals surface area contributed by atoms with Gasteiger partial charge < -0.3 is 15.2 Å². The van der Waals surface area contributed by atoms with E-state index in [4.69, 9.17) is 4.98 Å². The van der Waals surface area contributed by atoms with Gasteiger partial charge in [0.05, 0.1) is 5.69 Å². The number of hydrogen-bond acceptors (Lipinski definition) is 6. The number of carboxylic acid groups (broad SMARTS) is 1. The molecule has 0 aliphatic heterocycles. The van der Waals surface area contributed by atoms with Crippen LogP contribution in [0.2, 0.25) is 25.7 Å². The highest BCUT2D eigenvalue weighted by molar-refractivity contribution is 6.76. The van der Waals surface area contributed by atoms with Crippen LogP contribution in [0.15, 0.2) is 42.9 Å². The third-order valence-corrected chi connectivity index (χ3v) is 7.51. The van der Waals surface area contributed by atoms with Crippen molar-refractivity contribution in [1.29, 1.82) is 0 Å². The van der Waals surface area contributed by atoms with E-state index in [1.807, 2.05) is 13.8 Å². The lowest BCUT2D eigenvalue weighted by Gasteiger charge is -2.18. The summed E-state index contributed by atoms with van der Waals surface area (Å²) in [6.45, 7) is 10.8. The van der Waals surface area contributed by atoms with Crippen LogP contribution in [0.5, 0.6) is 5.75 Å². The number of anilines is 1. The van der Waals surface area contributed by atoms with Crippen LogP contribution in [-0.4, -0.2) is 51.1 Å². The summed E-state index contributed by atoms with van der Waals surface area (Å²) in [5.74, 6) is -0.371. The van der Waals surface area contributed by atoms with Gasteiger partial charge in [0.2, 0.25) is 5.95 Å². The minimum atomic E-state index is -4.76. The quantitative estimate of drug-likeness (QED) is 0.252. The summed E-state index contributed by atoms with van der Waals surface area (Å²) in [5, 5.41) is 12.7. The summed E-state index contributed by atoms with van der Waals surface area (Å²) in [6.07, 6.45) is 0.542. The van der Waals surface area contributed by atoms with Gasteiger partial charge in [0, 0.05) is 31.6 Å². The lowest BCUT2D eigenvalue weighted by molar-refractivity contribution is -0.274. The molecule has 0 spiro atoms. The molecule has 1 aromatic carbocycles. The van der Waals surface area contributed by atoms with Gasteiger partial charge in [-0.3, -0.25) is 4.57 Å². The predicted molar refractivity (Wildman–Crippen MR) is 142 cm³/mol. The molecule has 1 unspecified atom stereocenters. The Morgan fingerprint density at radius 2 is 1.84 bits per heavy atom. The molecule has 0 saturated carbocycles. The Kier molecular flexibility index (Phi) is 9.18. The van der Waals surface area contributed by atoms with E-state index in [2.05, 4.69) is 39.7 Å². The Labute approximate surface area is 221 Å². The van der Waals surface area contributed by atoms with Crippen LogP contribution >= 0.6 is 0 Å². The summed E-state index contributed by atoms with van der Waals surface area (Å²) < 4.78 is 42.9. The SMILES string of the molecule is CC(C)CC(Nc1cc(CCC[Si](C)(C)C)nc(-n2cnc(-c3ccc(OC(F)(F)F)cc3)c2)n1)C(=O)O. The second-order valence-corrected chi connectivity index (χ2v) is 16.5. The fourth-order valence-corrected chi connectivity index (χ4v) is 5.12. The van der Waals surface area contributed by atoms with Crippen LogP contribution in [0.1, 0.15) is 32.4 Å². The molecule has 2 heterocycles. The highest BCUT2D eigenvalue weighted by Crippen LogP contribution is 2.26. The Morgan fingerprint density at radius 1 is 1.16 bits per heavy atom. The van der Waals surface area contributed by atoms with Crippen molar-refractivity contribution < 1.29 is 27.8 Å². The molecule has 38 heavy (non-hydrogen) atoms. The average molecular weight is 550 g/mol. The molecule has 8 nitrogen and oxygen atoms in total. The van der Waals surface area contributed by atoms with Gasteiger partial charge >= 0.3 is 12.3 Å². The molecule has 3 rings (SSSR count). The Bertz CT molecular complexity index is 1220. The van der Waals surface area contributed by atoms with Crippen molar-refractivity contribution in [1.82, 2.24) is 19.5 Å². The standard InChI is InChI=1S/C26H34F3N5O3Si/c1-17(2)13-21(24(35)36)32-23-14-19(7-6-12-38(3,4)5)31-25(33-23)34-15-22(30-16-34)18-8-10-20(11-9-18)37-26(27,28)29/h8-11,14-17,21H,6-7,12-13H2,1-5H3,(H,35,36)(H,31,32,33). The number of nitrogens with one attached hydrogen (secondary N) is 1. The fourth-order valence-electron chi connectivity index (χ4n) is 3.88. The number of carbonyl (C=O) groups is 1. The van der Waals surface area contributed by atoms with E-state index in [9.17, 15) is 23.1 Å². The molecule has 206 valence electrons. The van der Waals surface area contributed by atoms with Gasteiger partial charge in [-0.15, -0.1) is 13.2 Å². The largest absolute Gasteiger partial charge is 0.573 e. The molecule has 3 aromatic rings. The number of ether oxygens (including phenoxy) is 1. The number of alkyl halides is 3. The van der Waals surface area contributed by atoms with Crippen LogP contribution in [0.4, 0.5) is 19.0 Å². The maximum absolute atomic E-state index is 12.5. The summed E-state index contributed by atoms with van der Waals surface area (Å²) in [6, 6.07) is 7.53. The van der Waals surface area contributed by atoms with Crippen molar-refractivity contribution in [2.75, 3.05) is 5.32 Å². The lowest BCUT2D eigenvalue weighted by atomic mass is 10.0. The number of nitrogens with zero attached hydrogens (tertiary/aromatic N) is 4. The first-order chi connectivity index (χ1) is 17.7. The van der Waals surface area contributed by atoms with Crippen molar-refractivity contribution in [2.24, 2.45) is 5.92 Å². The molecule has 0 fully saturated rings. The molecule has 1 atom stereocenters. The topological polar surface area (TPSA) is 102 Å². The van der Waals surface area contributed by atoms with E-state index in [-0.39, 0.29) is 11.7 Å². The van der Waals surface area contributed by atoms with Crippen LogP contribution < -0.4 is 10.1 Å². The molecule has 0 amide bonds. The second kappa shape index (κ2) is 12.0. The van der Waals surface area contributed by atoms with Gasteiger partial charge in [0.1, 0.15) is 23.9 Å². The normalized spacial score (nSPS) is 13.0. The average Bonchev–Trinajstić information content (AvgIpc) is 3.27. The molecule has 12 heteroatoms. The Morgan fingerprint density at radius 3 is 2.42 bits per heavy atom. The molecular formula is C26H34F3N5O3Si. The third kappa shape index (κ3) is 9.16. The molecule has 0 radical (unpaired) electrons. The van der Waals surface area contributed by atoms with Crippen molar-refractivity contribution in [2.45, 2.75) is 71.2 Å². The first kappa shape index (κ1) is 29.1. The Hall–Kier alpha value is -3.41. The van der Waals surface area contributed by atoms with E-state index >= 15 is 0 Å². The van der Waals surface area contributed by atoms with E-state index in [0.29, 0.717) is 29.4 Å². The summed E-state index contributed by atoms with van der Waals surface area (Å²) >= 11 is 0. The zero-order chi connectivity index (χ0) is 28.1. The zero-order valence-electron chi connectivity index (χ0n) is 22.2. The van der Waals surface area contributed by atoms with Crippen molar-refractivity contribution in [3.8, 4) is 23.0 Å². The molecular weight excluding hydrogens is 515 g/mol. The first-order valence-electron chi connectivity index (χ1n) is 12.5. The van der Waals surface area contributed by atoms with Crippen LogP contribution in [0, 0.1) is 5.92 Å². The smallest absolute Gasteiger partial charge is 0.480 e. The molecule has 0 aliphatic carbocycles. The number of halogens is 3. The zero-order valence-corrected chi connectivity index (χ0v) is 23.2. The van der Waals surface area contributed by atoms with Gasteiger partial charge in [-0.25, -0.2) is 14.8 Å². The second-order valence-electron chi connectivity index (χ2n) is 10.9. The molecule has 0 bridgehead atoms. The highest BCUT2D eigenvalue weighted by atomic mass is 28.3. The predicted octanol–water partition coefficient (Wildman–Crippen LogP) is 6.41. The van der Waals surface area contributed by atoms with E-state index < -0.39 is 26.4 Å². The van der Waals surface area contributed by atoms with Crippen molar-refractivity contribution >= 4 is 19.9 Å². The number of carboxylic acids is 1. The molecule has 2 aromatic heterocycles. The lowest BCUT2D eigenvalue weighted by Crippen LogP contribution is -2.31. The van der Waals surface area contributed by atoms with Crippen LogP contribution in [0.25, 0.3) is 17.2 Å². The Balaban J connectivity index is 1.89. The molecule has 0 aliphatic rings. The van der Waals surface area contributed by atoms with Crippen LogP contribution in [-0.2, 0) is 11.2 Å². The number of hydrogen-bond donors (Lipinski definition) is 2. The first-order valence-corrected chi connectivity index (χ1v) is 16.2. The summed E-state index contributed by atoms with van der Waals surface area (Å²) in [5.41, 5.74) is 1.88. The van der Waals surface area contributed by atoms with Gasteiger partial charge in [0.25, 0.3) is 0 Å². The van der Waals surface area contributed by atoms with Gasteiger partial charge in [-0.2, -0.15) is 4.98 Å². The number of aromatic nitrogens is 4. The monoisotopic (exact) mass is 549 g/mol. The van der Waals surface area contributed by atoms with Crippen molar-refractivity contribution in [3.63, 3.8) is 0 Å². The minimum absolute atomic E-state index is 0.172. The molecule has 2 N–H and O–H groups in total. The fraction of sp³-hybridized carbons (Fsp3) is 0.462. The minimum Gasteiger partial charge on any atom is -0.480 e. The third-order valence-electron chi connectivity index (χ3n) is 5.65. The number of aryl methyl sites for hydroxylation is 1. The highest BCUT2D eigenvalue weighted by Gasteiger charge is 2.31. The van der Waals surface area contributed by atoms with Crippen molar-refractivity contribution in [3.05, 3.63) is 48.5 Å². The van der Waals surface area contributed by atoms with Crippen LogP contribution in [0.3, 0.4) is 0 Å². The van der Waals surface area contributed by atoms with E-state index in [1.54, 1.807) is 16.8 Å². The maximum atomic E-state index is 12.5. The maximum Gasteiger partial charge on any atom is 0.573 e. The summed E-state index contributed by atoms with van der Waals surface area (Å²) in [7, 11) is -1.24. The number of imidazole rings is 1. The van der Waals surface area contributed by atoms with E-state index in [1.165, 1.54) is 30.6 Å². The number of aliphatic carboxylic acids is 1. The van der Waals surface area contributed by atoms with Gasteiger partial charge in [-0.1, -0.05) is 46.0 Å². The summed E-state index contributed by atoms with van der Waals surface area (Å²) in [4.78, 5) is 25.4. The van der Waals surface area contributed by atoms with Gasteiger partial charge in [0.15, 0.2) is 0 Å². The molecule has 0 saturated heterocycles. The van der Waals surface area contributed by atoms with Gasteiger partial charge in [-0.05, 0) is 43.0 Å². The number of benzene rings is 1. The number of rotatable bonds is 12. The van der Waals surface area contributed by atoms with E-state index in [0.717, 1.165) is 24.6 Å².